The molecule has 0 amide bonds. The van der Waals surface area contributed by atoms with Crippen molar-refractivity contribution in [3.05, 3.63) is 11.5 Å². The molecule has 0 spiro atoms. The minimum Gasteiger partial charge on any atom is -0.505 e. The molecule has 24 N–H and O–H groups in total. The Labute approximate surface area is 377 Å². The zero-order valence-electron chi connectivity index (χ0n) is 30.1. The van der Waals surface area contributed by atoms with Crippen molar-refractivity contribution in [3.8, 4) is 0 Å². The van der Waals surface area contributed by atoms with Crippen molar-refractivity contribution < 1.29 is 234 Å². The molecule has 59 heavy (non-hydrogen) atoms. The Hall–Kier alpha value is -3.83. The first-order valence-corrected chi connectivity index (χ1v) is 12.7. The molecule has 0 radical (unpaired) electrons. The molecule has 0 unspecified atom stereocenters. The van der Waals surface area contributed by atoms with Gasteiger partial charge < -0.3 is 108 Å². The van der Waals surface area contributed by atoms with E-state index in [4.69, 9.17) is 81.7 Å². The van der Waals surface area contributed by atoms with Gasteiger partial charge in [-0.15, -0.1) is 0 Å². The molecule has 0 aromatic carbocycles. The predicted molar refractivity (Wildman–Crippen MR) is 161 cm³/mol. The van der Waals surface area contributed by atoms with Gasteiger partial charge in [0, 0.05) is 0 Å². The van der Waals surface area contributed by atoms with Gasteiger partial charge in [-0.3, -0.25) is 28.8 Å². The third-order valence-electron chi connectivity index (χ3n) is 5.33. The topological polar surface area (TPSA) is 630 Å². The van der Waals surface area contributed by atoms with Gasteiger partial charge in [-0.05, 0) is 0 Å². The van der Waals surface area contributed by atoms with E-state index in [-0.39, 0.29) is 99.8 Å². The van der Waals surface area contributed by atoms with Crippen LogP contribution in [0.25, 0.3) is 0 Å². The molecule has 0 bridgehead atoms. The number of aliphatic hydroxyl groups excluding tert-OH is 4. The Bertz CT molecular complexity index is 1230. The average Bonchev–Trinajstić information content (AvgIpc) is 3.18. The predicted octanol–water partition coefficient (Wildman–Crippen LogP) is -8.46. The van der Waals surface area contributed by atoms with E-state index in [0.29, 0.717) is 0 Å². The van der Waals surface area contributed by atoms with E-state index in [0.717, 1.165) is 0 Å². The monoisotopic (exact) mass is 1080 g/mol. The Morgan fingerprint density at radius 2 is 0.678 bits per heavy atom. The number of carbonyl (C=O) groups is 10. The molecule has 0 aliphatic carbocycles. The number of rotatable bonds is 17. The van der Waals surface area contributed by atoms with Gasteiger partial charge in [0.15, 0.2) is 28.7 Å². The second-order valence-corrected chi connectivity index (χ2v) is 9.74. The molecule has 1 heterocycles. The van der Waals surface area contributed by atoms with Crippen LogP contribution in [-0.4, -0.2) is 199 Å². The first kappa shape index (κ1) is 83.0. The normalized spacial score (nSPS) is 12.4. The van der Waals surface area contributed by atoms with Gasteiger partial charge in [0.2, 0.25) is 5.76 Å². The summed E-state index contributed by atoms with van der Waals surface area (Å²) in [7, 11) is 0. The van der Waals surface area contributed by atoms with Crippen molar-refractivity contribution >= 4 is 59.7 Å². The number of ether oxygens (including phenoxy) is 1. The largest absolute Gasteiger partial charge is 2.00 e. The summed E-state index contributed by atoms with van der Waals surface area (Å²) < 4.78 is 4.32. The zero-order valence-corrected chi connectivity index (χ0v) is 41.9. The van der Waals surface area contributed by atoms with Gasteiger partial charge >= 0.3 is 138 Å². The van der Waals surface area contributed by atoms with Gasteiger partial charge in [0.05, 0.1) is 45.1 Å². The van der Waals surface area contributed by atoms with Crippen LogP contribution in [0.3, 0.4) is 0 Å². The van der Waals surface area contributed by atoms with Crippen LogP contribution >= 0.6 is 0 Å². The van der Waals surface area contributed by atoms with Crippen molar-refractivity contribution in [2.24, 2.45) is 0 Å². The molecule has 0 saturated heterocycles. The number of carboxylic acids is 9. The van der Waals surface area contributed by atoms with Gasteiger partial charge in [0.1, 0.15) is 6.10 Å². The first-order chi connectivity index (χ1) is 22.9. The van der Waals surface area contributed by atoms with Crippen LogP contribution in [0.5, 0.6) is 0 Å². The van der Waals surface area contributed by atoms with Crippen molar-refractivity contribution in [2.75, 3.05) is 6.61 Å². The maximum Gasteiger partial charge on any atom is 2.00 e. The number of carbonyl (C=O) groups excluding carboxylic acids is 1. The summed E-state index contributed by atoms with van der Waals surface area (Å²) in [6.07, 6.45) is -9.64. The van der Waals surface area contributed by atoms with E-state index >= 15 is 0 Å². The van der Waals surface area contributed by atoms with Gasteiger partial charge in [-0.25, -0.2) is 19.2 Å². The Balaban J connectivity index is -0.0000000554. The Kier molecular flexibility index (Phi) is 52.3. The molecule has 0 saturated carbocycles. The summed E-state index contributed by atoms with van der Waals surface area (Å²) in [5, 5.41) is 136. The third kappa shape index (κ3) is 33.7. The first-order valence-electron chi connectivity index (χ1n) is 12.7. The van der Waals surface area contributed by atoms with E-state index in [9.17, 15) is 47.9 Å². The number of carboxylic acid groups (broad SMARTS) is 9. The van der Waals surface area contributed by atoms with E-state index in [1.54, 1.807) is 0 Å². The Morgan fingerprint density at radius 3 is 0.780 bits per heavy atom. The summed E-state index contributed by atoms with van der Waals surface area (Å²) in [4.78, 5) is 102. The van der Waals surface area contributed by atoms with Crippen LogP contribution in [0, 0.1) is 0 Å². The molecule has 31 nitrogen and oxygen atoms in total. The van der Waals surface area contributed by atoms with Crippen LogP contribution in [0.1, 0.15) is 38.5 Å². The molecule has 35 heteroatoms. The van der Waals surface area contributed by atoms with Gasteiger partial charge in [-0.1, -0.05) is 0 Å². The van der Waals surface area contributed by atoms with Gasteiger partial charge in [0.25, 0.3) is 0 Å². The van der Waals surface area contributed by atoms with Gasteiger partial charge in [-0.2, -0.15) is 0 Å². The molecule has 322 valence electrons. The molecule has 0 aromatic heterocycles. The fourth-order valence-corrected chi connectivity index (χ4v) is 2.97. The maximum absolute atomic E-state index is 10.5. The molecule has 2 atom stereocenters. The van der Waals surface area contributed by atoms with E-state index in [2.05, 4.69) is 4.74 Å². The molecular formula is C24H40O31Zn4+8. The minimum absolute atomic E-state index is 0. The van der Waals surface area contributed by atoms with Crippen LogP contribution in [0.2, 0.25) is 0 Å². The van der Waals surface area contributed by atoms with Crippen molar-refractivity contribution in [1.82, 2.24) is 0 Å². The summed E-state index contributed by atoms with van der Waals surface area (Å²) in [5.74, 6) is -17.8. The number of cyclic esters (lactones) is 1. The van der Waals surface area contributed by atoms with E-state index < -0.39 is 145 Å². The number of hydrogen-bond acceptors (Lipinski definition) is 18. The third-order valence-corrected chi connectivity index (χ3v) is 5.33. The molecule has 1 aliphatic rings. The SMILES string of the molecule is O.O.O.O.O=C(O)CC(O)(CC(=O)O)C(=O)O.O=C(O)CC(O)(CC(=O)O)C(=O)O.O=C(O)CC(O)(CC(=O)O)C(=O)O.O=C1O[C@H]([C@@H](O)CO)C(O)=C1O.[Zn+2].[Zn+2].[Zn+2].[Zn+2]. The minimum atomic E-state index is -2.74. The van der Waals surface area contributed by atoms with Crippen molar-refractivity contribution in [2.45, 2.75) is 67.5 Å². The summed E-state index contributed by atoms with van der Waals surface area (Å²) in [6.45, 7) is -0.671. The van der Waals surface area contributed by atoms with Crippen molar-refractivity contribution in [1.29, 1.82) is 0 Å². The van der Waals surface area contributed by atoms with Crippen LogP contribution in [0.4, 0.5) is 0 Å². The summed E-state index contributed by atoms with van der Waals surface area (Å²) in [6, 6.07) is 0. The number of aliphatic hydroxyl groups is 7. The molecule has 1 aliphatic heterocycles. The Morgan fingerprint density at radius 1 is 0.492 bits per heavy atom. The number of aliphatic carboxylic acids is 9. The standard InChI is InChI=1S/3C6H8O7.C6H8O6.4H2O.4Zn/c3*7-3(8)1-6(13,5(11)12)2-4(9)10;7-1-2(8)5-3(9)4(10)6(11)12-5;;;;;;;;/h3*13H,1-2H2,(H,7,8)(H,9,10)(H,11,12);2,5,7-10H,1H2;4*1H2;;;;/q;;;;;;;;4*+2/t;;;2-,5+;;;;;;;;/m...0......../s1. The van der Waals surface area contributed by atoms with E-state index in [1.165, 1.54) is 0 Å². The second kappa shape index (κ2) is 37.2. The second-order valence-electron chi connectivity index (χ2n) is 9.74. The smallest absolute Gasteiger partial charge is 0.505 e. The number of hydrogen-bond donors (Lipinski definition) is 16. The van der Waals surface area contributed by atoms with Crippen LogP contribution in [0.15, 0.2) is 11.5 Å². The zero-order chi connectivity index (χ0) is 41.2. The number of esters is 1. The maximum atomic E-state index is 10.5. The van der Waals surface area contributed by atoms with E-state index in [1.807, 2.05) is 0 Å². The fraction of sp³-hybridized carbons (Fsp3) is 0.500. The van der Waals surface area contributed by atoms with Crippen LogP contribution in [-0.2, 0) is 131 Å². The molecular weight excluding hydrogens is 1050 g/mol. The summed E-state index contributed by atoms with van der Waals surface area (Å²) >= 11 is 0. The average molecular weight is 1090 g/mol. The van der Waals surface area contributed by atoms with Crippen molar-refractivity contribution in [3.63, 3.8) is 0 Å². The van der Waals surface area contributed by atoms with Crippen LogP contribution < -0.4 is 0 Å². The molecule has 1 rings (SSSR count). The fourth-order valence-electron chi connectivity index (χ4n) is 2.97. The summed E-state index contributed by atoms with van der Waals surface area (Å²) in [5.41, 5.74) is -8.22. The molecule has 0 fully saturated rings. The quantitative estimate of drug-likeness (QED) is 0.0475. The molecule has 0 aromatic rings.